The Morgan fingerprint density at radius 1 is 1.27 bits per heavy atom. The van der Waals surface area contributed by atoms with E-state index in [4.69, 9.17) is 5.11 Å². The number of urea groups is 1. The molecule has 3 rings (SSSR count). The molecule has 3 amide bonds. The van der Waals surface area contributed by atoms with Gasteiger partial charge in [-0.05, 0) is 43.4 Å². The van der Waals surface area contributed by atoms with Gasteiger partial charge in [0.15, 0.2) is 0 Å². The van der Waals surface area contributed by atoms with Crippen LogP contribution in [0.5, 0.6) is 0 Å². The van der Waals surface area contributed by atoms with Crippen molar-refractivity contribution < 1.29 is 23.9 Å². The first-order valence-corrected chi connectivity index (χ1v) is 8.76. The van der Waals surface area contributed by atoms with Gasteiger partial charge in [0, 0.05) is 25.3 Å². The third-order valence-corrected chi connectivity index (χ3v) is 4.89. The number of amides is 3. The lowest BCUT2D eigenvalue weighted by Gasteiger charge is -2.33. The Kier molecular flexibility index (Phi) is 5.39. The second-order valence-corrected chi connectivity index (χ2v) is 6.92. The van der Waals surface area contributed by atoms with E-state index in [2.05, 4.69) is 10.6 Å². The topological polar surface area (TPSA) is 98.7 Å². The molecule has 2 aliphatic rings. The average Bonchev–Trinajstić information content (AvgIpc) is 3.41. The van der Waals surface area contributed by atoms with Crippen LogP contribution in [0.1, 0.15) is 19.3 Å². The molecule has 26 heavy (non-hydrogen) atoms. The second kappa shape index (κ2) is 7.72. The Balaban J connectivity index is 1.44. The lowest BCUT2D eigenvalue weighted by atomic mass is 9.97. The van der Waals surface area contributed by atoms with E-state index in [0.29, 0.717) is 31.7 Å². The first kappa shape index (κ1) is 18.2. The van der Waals surface area contributed by atoms with Crippen LogP contribution in [0.4, 0.5) is 14.9 Å². The highest BCUT2D eigenvalue weighted by Crippen LogP contribution is 2.40. The number of benzene rings is 1. The Morgan fingerprint density at radius 2 is 2.08 bits per heavy atom. The van der Waals surface area contributed by atoms with Gasteiger partial charge in [0.2, 0.25) is 5.91 Å². The van der Waals surface area contributed by atoms with Gasteiger partial charge in [-0.15, -0.1) is 0 Å². The SMILES string of the molecule is O=C(NCC1CCCN(C(=O)C2CC2C(=O)O)C1)Nc1cccc(F)c1. The van der Waals surface area contributed by atoms with Gasteiger partial charge in [-0.25, -0.2) is 9.18 Å². The van der Waals surface area contributed by atoms with Crippen LogP contribution < -0.4 is 10.6 Å². The normalized spacial score (nSPS) is 24.7. The summed E-state index contributed by atoms with van der Waals surface area (Å²) >= 11 is 0. The molecule has 0 radical (unpaired) electrons. The summed E-state index contributed by atoms with van der Waals surface area (Å²) in [6, 6.07) is 5.21. The summed E-state index contributed by atoms with van der Waals surface area (Å²) in [6.07, 6.45) is 2.13. The fourth-order valence-corrected chi connectivity index (χ4v) is 3.39. The van der Waals surface area contributed by atoms with Crippen LogP contribution in [-0.2, 0) is 9.59 Å². The molecular weight excluding hydrogens is 341 g/mol. The number of nitrogens with zero attached hydrogens (tertiary/aromatic N) is 1. The van der Waals surface area contributed by atoms with Crippen molar-refractivity contribution in [2.24, 2.45) is 17.8 Å². The zero-order chi connectivity index (χ0) is 18.7. The van der Waals surface area contributed by atoms with Crippen molar-refractivity contribution in [3.05, 3.63) is 30.1 Å². The van der Waals surface area contributed by atoms with Crippen LogP contribution in [0.3, 0.4) is 0 Å². The number of likely N-dealkylation sites (tertiary alicyclic amines) is 1. The van der Waals surface area contributed by atoms with Gasteiger partial charge in [0.25, 0.3) is 0 Å². The van der Waals surface area contributed by atoms with Crippen LogP contribution in [0.2, 0.25) is 0 Å². The maximum atomic E-state index is 13.1. The number of carbonyl (C=O) groups is 3. The predicted molar refractivity (Wildman–Crippen MR) is 92.0 cm³/mol. The van der Waals surface area contributed by atoms with Gasteiger partial charge in [-0.1, -0.05) is 6.07 Å². The van der Waals surface area contributed by atoms with E-state index >= 15 is 0 Å². The van der Waals surface area contributed by atoms with E-state index < -0.39 is 29.7 Å². The van der Waals surface area contributed by atoms with E-state index in [0.717, 1.165) is 12.8 Å². The van der Waals surface area contributed by atoms with Crippen molar-refractivity contribution >= 4 is 23.6 Å². The Bertz CT molecular complexity index is 711. The fourth-order valence-electron chi connectivity index (χ4n) is 3.39. The summed E-state index contributed by atoms with van der Waals surface area (Å²) < 4.78 is 13.1. The van der Waals surface area contributed by atoms with Crippen molar-refractivity contribution in [2.75, 3.05) is 25.0 Å². The minimum Gasteiger partial charge on any atom is -0.481 e. The Labute approximate surface area is 150 Å². The molecule has 1 aliphatic carbocycles. The van der Waals surface area contributed by atoms with Gasteiger partial charge < -0.3 is 20.6 Å². The maximum Gasteiger partial charge on any atom is 0.319 e. The molecule has 0 spiro atoms. The quantitative estimate of drug-likeness (QED) is 0.744. The Morgan fingerprint density at radius 3 is 2.77 bits per heavy atom. The van der Waals surface area contributed by atoms with E-state index in [-0.39, 0.29) is 11.8 Å². The molecule has 1 aromatic rings. The molecule has 0 aromatic heterocycles. The van der Waals surface area contributed by atoms with Crippen LogP contribution in [0.15, 0.2) is 24.3 Å². The fraction of sp³-hybridized carbons (Fsp3) is 0.500. The number of carbonyl (C=O) groups excluding carboxylic acids is 2. The summed E-state index contributed by atoms with van der Waals surface area (Å²) in [5.41, 5.74) is 0.372. The number of piperidine rings is 1. The molecule has 3 N–H and O–H groups in total. The largest absolute Gasteiger partial charge is 0.481 e. The minimum absolute atomic E-state index is 0.0914. The van der Waals surface area contributed by atoms with Gasteiger partial charge in [-0.2, -0.15) is 0 Å². The summed E-state index contributed by atoms with van der Waals surface area (Å²) in [7, 11) is 0. The highest BCUT2D eigenvalue weighted by molar-refractivity contribution is 5.90. The highest BCUT2D eigenvalue weighted by Gasteiger charge is 2.50. The molecule has 0 bridgehead atoms. The van der Waals surface area contributed by atoms with Gasteiger partial charge in [0.05, 0.1) is 11.8 Å². The van der Waals surface area contributed by atoms with Crippen molar-refractivity contribution in [3.8, 4) is 0 Å². The number of halogens is 1. The van der Waals surface area contributed by atoms with Gasteiger partial charge in [0.1, 0.15) is 5.82 Å². The van der Waals surface area contributed by atoms with Gasteiger partial charge in [-0.3, -0.25) is 9.59 Å². The van der Waals surface area contributed by atoms with E-state index in [1.807, 2.05) is 0 Å². The molecule has 1 aromatic carbocycles. The maximum absolute atomic E-state index is 13.1. The number of aliphatic carboxylic acids is 1. The Hall–Kier alpha value is -2.64. The second-order valence-electron chi connectivity index (χ2n) is 6.92. The molecule has 1 saturated carbocycles. The third-order valence-electron chi connectivity index (χ3n) is 4.89. The van der Waals surface area contributed by atoms with E-state index in [1.54, 1.807) is 11.0 Å². The summed E-state index contributed by atoms with van der Waals surface area (Å²) in [4.78, 5) is 36.9. The smallest absolute Gasteiger partial charge is 0.319 e. The van der Waals surface area contributed by atoms with Crippen molar-refractivity contribution in [2.45, 2.75) is 19.3 Å². The average molecular weight is 363 g/mol. The van der Waals surface area contributed by atoms with Crippen molar-refractivity contribution in [1.82, 2.24) is 10.2 Å². The number of carboxylic acids is 1. The predicted octanol–water partition coefficient (Wildman–Crippen LogP) is 1.91. The first-order valence-electron chi connectivity index (χ1n) is 8.76. The summed E-state index contributed by atoms with van der Waals surface area (Å²) in [5.74, 6) is -2.25. The molecule has 1 saturated heterocycles. The zero-order valence-electron chi connectivity index (χ0n) is 14.3. The molecule has 3 unspecified atom stereocenters. The minimum atomic E-state index is -0.910. The molecule has 3 atom stereocenters. The number of carboxylic acid groups (broad SMARTS) is 1. The molecule has 1 aliphatic heterocycles. The van der Waals surface area contributed by atoms with Crippen LogP contribution >= 0.6 is 0 Å². The molecule has 2 fully saturated rings. The highest BCUT2D eigenvalue weighted by atomic mass is 19.1. The number of hydrogen-bond donors (Lipinski definition) is 3. The monoisotopic (exact) mass is 363 g/mol. The lowest BCUT2D eigenvalue weighted by Crippen LogP contribution is -2.45. The first-order chi connectivity index (χ1) is 12.4. The zero-order valence-corrected chi connectivity index (χ0v) is 14.3. The molecule has 140 valence electrons. The number of rotatable bonds is 5. The standard InChI is InChI=1S/C18H22FN3O4/c19-12-4-1-5-13(7-12)21-18(26)20-9-11-3-2-6-22(10-11)16(23)14-8-15(14)17(24)25/h1,4-5,7,11,14-15H,2-3,6,8-10H2,(H,24,25)(H2,20,21,26). The number of hydrogen-bond acceptors (Lipinski definition) is 3. The van der Waals surface area contributed by atoms with E-state index in [9.17, 15) is 18.8 Å². The molecular formula is C18H22FN3O4. The molecule has 8 heteroatoms. The molecule has 7 nitrogen and oxygen atoms in total. The lowest BCUT2D eigenvalue weighted by molar-refractivity contribution is -0.142. The summed E-state index contributed by atoms with van der Waals surface area (Å²) in [5, 5.41) is 14.3. The van der Waals surface area contributed by atoms with Gasteiger partial charge >= 0.3 is 12.0 Å². The number of anilines is 1. The third kappa shape index (κ3) is 4.50. The molecule has 1 heterocycles. The van der Waals surface area contributed by atoms with Crippen LogP contribution in [0, 0.1) is 23.6 Å². The summed E-state index contributed by atoms with van der Waals surface area (Å²) in [6.45, 7) is 1.55. The van der Waals surface area contributed by atoms with Crippen molar-refractivity contribution in [1.29, 1.82) is 0 Å². The van der Waals surface area contributed by atoms with E-state index in [1.165, 1.54) is 18.2 Å². The van der Waals surface area contributed by atoms with Crippen LogP contribution in [-0.4, -0.2) is 47.5 Å². The van der Waals surface area contributed by atoms with Crippen LogP contribution in [0.25, 0.3) is 0 Å². The van der Waals surface area contributed by atoms with Crippen molar-refractivity contribution in [3.63, 3.8) is 0 Å². The number of nitrogens with one attached hydrogen (secondary N) is 2.